The minimum atomic E-state index is 0.0799. The third-order valence-corrected chi connectivity index (χ3v) is 4.31. The first-order valence-electron chi connectivity index (χ1n) is 9.62. The van der Waals surface area contributed by atoms with Gasteiger partial charge < -0.3 is 14.9 Å². The first-order valence-corrected chi connectivity index (χ1v) is 9.62. The van der Waals surface area contributed by atoms with Gasteiger partial charge in [-0.05, 0) is 30.7 Å². The van der Waals surface area contributed by atoms with Gasteiger partial charge in [0.15, 0.2) is 0 Å². The molecular weight excluding hydrogens is 314 g/mol. The summed E-state index contributed by atoms with van der Waals surface area (Å²) in [5.41, 5.74) is 6.28. The van der Waals surface area contributed by atoms with Gasteiger partial charge in [0.1, 0.15) is 5.75 Å². The van der Waals surface area contributed by atoms with Gasteiger partial charge in [0.2, 0.25) is 5.89 Å². The second kappa shape index (κ2) is 11.5. The van der Waals surface area contributed by atoms with Gasteiger partial charge in [0.05, 0.1) is 6.61 Å². The van der Waals surface area contributed by atoms with E-state index in [9.17, 15) is 0 Å². The standard InChI is InChI=1S/C20H31N3O2/c1-2-3-4-5-6-7-8-9-10-11-16-24-18-14-12-17(13-15-18)19-22-23-20(21)25-19/h12-15H,2-11,16H2,1H3,(H2,21,23). The Hall–Kier alpha value is -2.04. The molecule has 5 heteroatoms. The Labute approximate surface area is 151 Å². The van der Waals surface area contributed by atoms with Crippen molar-refractivity contribution in [2.75, 3.05) is 12.3 Å². The zero-order valence-corrected chi connectivity index (χ0v) is 15.4. The molecule has 0 bridgehead atoms. The molecule has 0 spiro atoms. The largest absolute Gasteiger partial charge is 0.494 e. The number of aromatic nitrogens is 2. The van der Waals surface area contributed by atoms with Crippen molar-refractivity contribution in [2.45, 2.75) is 71.1 Å². The normalized spacial score (nSPS) is 10.9. The summed E-state index contributed by atoms with van der Waals surface area (Å²) < 4.78 is 11.0. The fraction of sp³-hybridized carbons (Fsp3) is 0.600. The van der Waals surface area contributed by atoms with E-state index in [1.807, 2.05) is 24.3 Å². The monoisotopic (exact) mass is 345 g/mol. The summed E-state index contributed by atoms with van der Waals surface area (Å²) in [6.45, 7) is 3.03. The molecule has 0 atom stereocenters. The molecule has 0 aliphatic rings. The minimum absolute atomic E-state index is 0.0799. The zero-order valence-electron chi connectivity index (χ0n) is 15.4. The van der Waals surface area contributed by atoms with E-state index in [0.29, 0.717) is 5.89 Å². The van der Waals surface area contributed by atoms with Crippen LogP contribution in [-0.2, 0) is 0 Å². The molecule has 0 saturated heterocycles. The van der Waals surface area contributed by atoms with E-state index in [1.54, 1.807) is 0 Å². The molecular formula is C20H31N3O2. The van der Waals surface area contributed by atoms with Crippen molar-refractivity contribution in [1.82, 2.24) is 10.2 Å². The Bertz CT molecular complexity index is 581. The molecule has 1 heterocycles. The number of unbranched alkanes of at least 4 members (excludes halogenated alkanes) is 9. The van der Waals surface area contributed by atoms with E-state index >= 15 is 0 Å². The molecule has 0 aliphatic heterocycles. The SMILES string of the molecule is CCCCCCCCCCCCOc1ccc(-c2nnc(N)o2)cc1. The van der Waals surface area contributed by atoms with Gasteiger partial charge in [0, 0.05) is 5.56 Å². The Morgan fingerprint density at radius 2 is 1.44 bits per heavy atom. The second-order valence-electron chi connectivity index (χ2n) is 6.50. The smallest absolute Gasteiger partial charge is 0.313 e. The molecule has 0 aliphatic carbocycles. The highest BCUT2D eigenvalue weighted by Crippen LogP contribution is 2.22. The van der Waals surface area contributed by atoms with Crippen molar-refractivity contribution in [3.63, 3.8) is 0 Å². The van der Waals surface area contributed by atoms with Crippen LogP contribution in [0.15, 0.2) is 28.7 Å². The lowest BCUT2D eigenvalue weighted by Gasteiger charge is -2.06. The van der Waals surface area contributed by atoms with Crippen molar-refractivity contribution in [2.24, 2.45) is 0 Å². The van der Waals surface area contributed by atoms with Crippen LogP contribution < -0.4 is 10.5 Å². The third-order valence-electron chi connectivity index (χ3n) is 4.31. The van der Waals surface area contributed by atoms with Crippen LogP contribution in [0.3, 0.4) is 0 Å². The van der Waals surface area contributed by atoms with Crippen LogP contribution in [-0.4, -0.2) is 16.8 Å². The molecule has 0 saturated carbocycles. The molecule has 0 unspecified atom stereocenters. The highest BCUT2D eigenvalue weighted by molar-refractivity contribution is 5.54. The number of benzene rings is 1. The lowest BCUT2D eigenvalue weighted by molar-refractivity contribution is 0.304. The van der Waals surface area contributed by atoms with E-state index in [0.717, 1.165) is 24.3 Å². The maximum absolute atomic E-state index is 5.78. The van der Waals surface area contributed by atoms with Crippen LogP contribution in [0, 0.1) is 0 Å². The van der Waals surface area contributed by atoms with Crippen LogP contribution in [0.2, 0.25) is 0 Å². The average molecular weight is 345 g/mol. The summed E-state index contributed by atoms with van der Waals surface area (Å²) in [7, 11) is 0. The first kappa shape index (κ1) is 19.3. The summed E-state index contributed by atoms with van der Waals surface area (Å²) in [4.78, 5) is 0. The number of nitrogens with two attached hydrogens (primary N) is 1. The number of anilines is 1. The Morgan fingerprint density at radius 1 is 0.840 bits per heavy atom. The Balaban J connectivity index is 1.51. The molecule has 25 heavy (non-hydrogen) atoms. The van der Waals surface area contributed by atoms with Gasteiger partial charge in [-0.25, -0.2) is 0 Å². The van der Waals surface area contributed by atoms with Crippen molar-refractivity contribution < 1.29 is 9.15 Å². The van der Waals surface area contributed by atoms with Crippen molar-refractivity contribution >= 4 is 6.01 Å². The highest BCUT2D eigenvalue weighted by Gasteiger charge is 2.06. The van der Waals surface area contributed by atoms with Gasteiger partial charge in [-0.15, -0.1) is 5.10 Å². The quantitative estimate of drug-likeness (QED) is 0.477. The fourth-order valence-electron chi connectivity index (χ4n) is 2.82. The van der Waals surface area contributed by atoms with Gasteiger partial charge in [-0.3, -0.25) is 0 Å². The van der Waals surface area contributed by atoms with E-state index in [1.165, 1.54) is 57.8 Å². The van der Waals surface area contributed by atoms with Crippen molar-refractivity contribution in [1.29, 1.82) is 0 Å². The van der Waals surface area contributed by atoms with E-state index in [2.05, 4.69) is 17.1 Å². The summed E-state index contributed by atoms with van der Waals surface area (Å²) in [6, 6.07) is 7.73. The Kier molecular flexibility index (Phi) is 8.87. The average Bonchev–Trinajstić information content (AvgIpc) is 3.06. The van der Waals surface area contributed by atoms with Gasteiger partial charge >= 0.3 is 6.01 Å². The number of ether oxygens (including phenoxy) is 1. The number of rotatable bonds is 13. The molecule has 1 aromatic heterocycles. The lowest BCUT2D eigenvalue weighted by Crippen LogP contribution is -1.97. The maximum Gasteiger partial charge on any atom is 0.313 e. The molecule has 0 radical (unpaired) electrons. The first-order chi connectivity index (χ1) is 12.3. The predicted molar refractivity (Wildman–Crippen MR) is 101 cm³/mol. The molecule has 2 aromatic rings. The molecule has 138 valence electrons. The summed E-state index contributed by atoms with van der Waals surface area (Å²) in [5, 5.41) is 7.52. The second-order valence-corrected chi connectivity index (χ2v) is 6.50. The van der Waals surface area contributed by atoms with E-state index in [4.69, 9.17) is 14.9 Å². The van der Waals surface area contributed by atoms with Gasteiger partial charge in [-0.2, -0.15) is 0 Å². The lowest BCUT2D eigenvalue weighted by atomic mass is 10.1. The number of hydrogen-bond acceptors (Lipinski definition) is 5. The summed E-state index contributed by atoms with van der Waals surface area (Å²) >= 11 is 0. The molecule has 2 rings (SSSR count). The predicted octanol–water partition coefficient (Wildman–Crippen LogP) is 5.62. The van der Waals surface area contributed by atoms with Gasteiger partial charge in [-0.1, -0.05) is 69.8 Å². The van der Waals surface area contributed by atoms with Gasteiger partial charge in [0.25, 0.3) is 0 Å². The number of nitrogen functional groups attached to an aromatic ring is 1. The fourth-order valence-corrected chi connectivity index (χ4v) is 2.82. The van der Waals surface area contributed by atoms with E-state index in [-0.39, 0.29) is 6.01 Å². The number of nitrogens with zero attached hydrogens (tertiary/aromatic N) is 2. The molecule has 0 fully saturated rings. The van der Waals surface area contributed by atoms with Crippen LogP contribution in [0.5, 0.6) is 5.75 Å². The minimum Gasteiger partial charge on any atom is -0.494 e. The molecule has 2 N–H and O–H groups in total. The van der Waals surface area contributed by atoms with Crippen LogP contribution in [0.1, 0.15) is 71.1 Å². The van der Waals surface area contributed by atoms with Crippen molar-refractivity contribution in [3.8, 4) is 17.2 Å². The summed E-state index contributed by atoms with van der Waals surface area (Å²) in [6.07, 6.45) is 13.3. The summed E-state index contributed by atoms with van der Waals surface area (Å²) in [5.74, 6) is 1.30. The molecule has 5 nitrogen and oxygen atoms in total. The van der Waals surface area contributed by atoms with Crippen molar-refractivity contribution in [3.05, 3.63) is 24.3 Å². The highest BCUT2D eigenvalue weighted by atomic mass is 16.5. The number of hydrogen-bond donors (Lipinski definition) is 1. The molecule has 1 aromatic carbocycles. The Morgan fingerprint density at radius 3 is 2.00 bits per heavy atom. The molecule has 0 amide bonds. The van der Waals surface area contributed by atoms with Crippen LogP contribution in [0.4, 0.5) is 6.01 Å². The van der Waals surface area contributed by atoms with Crippen LogP contribution >= 0.6 is 0 Å². The topological polar surface area (TPSA) is 74.2 Å². The van der Waals surface area contributed by atoms with Crippen LogP contribution in [0.25, 0.3) is 11.5 Å². The maximum atomic E-state index is 5.78. The zero-order chi connectivity index (χ0) is 17.7. The third kappa shape index (κ3) is 7.59. The van der Waals surface area contributed by atoms with E-state index < -0.39 is 0 Å².